The first-order chi connectivity index (χ1) is 13.5. The Kier molecular flexibility index (Phi) is 6.07. The summed E-state index contributed by atoms with van der Waals surface area (Å²) in [4.78, 5) is 24.6. The molecule has 0 saturated heterocycles. The van der Waals surface area contributed by atoms with Crippen LogP contribution in [0.25, 0.3) is 0 Å². The summed E-state index contributed by atoms with van der Waals surface area (Å²) in [6, 6.07) is 22.2. The lowest BCUT2D eigenvalue weighted by atomic mass is 10.1. The summed E-state index contributed by atoms with van der Waals surface area (Å²) < 4.78 is 5.68. The van der Waals surface area contributed by atoms with Gasteiger partial charge in [0.2, 0.25) is 0 Å². The largest absolute Gasteiger partial charge is 0.489 e. The molecule has 5 heteroatoms. The number of hydrogen-bond acceptors (Lipinski definition) is 3. The summed E-state index contributed by atoms with van der Waals surface area (Å²) in [5.41, 5.74) is 8.67. The van der Waals surface area contributed by atoms with Crippen LogP contribution >= 0.6 is 0 Å². The van der Waals surface area contributed by atoms with Crippen molar-refractivity contribution in [1.29, 1.82) is 0 Å². The van der Waals surface area contributed by atoms with Crippen molar-refractivity contribution in [2.24, 2.45) is 0 Å². The van der Waals surface area contributed by atoms with Crippen molar-refractivity contribution in [3.8, 4) is 5.75 Å². The zero-order chi connectivity index (χ0) is 19.9. The second-order valence-electron chi connectivity index (χ2n) is 6.53. The maximum atomic E-state index is 12.3. The van der Waals surface area contributed by atoms with Crippen LogP contribution in [0.1, 0.15) is 37.4 Å². The number of carbonyl (C=O) groups excluding carboxylic acids is 2. The van der Waals surface area contributed by atoms with E-state index in [1.165, 1.54) is 0 Å². The van der Waals surface area contributed by atoms with E-state index in [0.29, 0.717) is 17.7 Å². The zero-order valence-electron chi connectivity index (χ0n) is 15.9. The number of para-hydroxylation sites is 1. The molecule has 0 aliphatic heterocycles. The Morgan fingerprint density at radius 1 is 0.821 bits per heavy atom. The van der Waals surface area contributed by atoms with Crippen LogP contribution in [0.15, 0.2) is 72.8 Å². The number of hydrazine groups is 1. The van der Waals surface area contributed by atoms with Gasteiger partial charge < -0.3 is 4.74 Å². The maximum absolute atomic E-state index is 12.3. The Labute approximate surface area is 164 Å². The highest BCUT2D eigenvalue weighted by Gasteiger charge is 2.11. The molecule has 0 unspecified atom stereocenters. The number of nitrogens with one attached hydrogen (secondary N) is 2. The van der Waals surface area contributed by atoms with Crippen LogP contribution in [0.5, 0.6) is 5.75 Å². The average molecular weight is 374 g/mol. The molecule has 28 heavy (non-hydrogen) atoms. The first-order valence-electron chi connectivity index (χ1n) is 8.97. The minimum absolute atomic E-state index is 0.345. The van der Waals surface area contributed by atoms with Crippen LogP contribution in [0, 0.1) is 13.8 Å². The number of ether oxygens (including phenoxy) is 1. The predicted molar refractivity (Wildman–Crippen MR) is 108 cm³/mol. The molecule has 0 aliphatic rings. The lowest BCUT2D eigenvalue weighted by Crippen LogP contribution is -2.41. The molecule has 0 fully saturated rings. The lowest BCUT2D eigenvalue weighted by Gasteiger charge is -2.10. The van der Waals surface area contributed by atoms with Gasteiger partial charge in [0, 0.05) is 11.1 Å². The van der Waals surface area contributed by atoms with E-state index in [0.717, 1.165) is 22.4 Å². The lowest BCUT2D eigenvalue weighted by molar-refractivity contribution is 0.0846. The molecule has 2 amide bonds. The average Bonchev–Trinajstić information content (AvgIpc) is 2.73. The molecule has 142 valence electrons. The van der Waals surface area contributed by atoms with Gasteiger partial charge in [0.05, 0.1) is 0 Å². The molecule has 5 nitrogen and oxygen atoms in total. The summed E-state index contributed by atoms with van der Waals surface area (Å²) in [5.74, 6) is 0.0649. The second kappa shape index (κ2) is 8.86. The van der Waals surface area contributed by atoms with E-state index in [-0.39, 0.29) is 11.8 Å². The highest BCUT2D eigenvalue weighted by Crippen LogP contribution is 2.13. The number of aryl methyl sites for hydroxylation is 2. The fourth-order valence-electron chi connectivity index (χ4n) is 2.67. The molecule has 0 radical (unpaired) electrons. The Morgan fingerprint density at radius 3 is 2.21 bits per heavy atom. The molecule has 0 aromatic heterocycles. The van der Waals surface area contributed by atoms with E-state index in [9.17, 15) is 9.59 Å². The molecular formula is C23H22N2O3. The Hall–Kier alpha value is -3.60. The van der Waals surface area contributed by atoms with Gasteiger partial charge in [-0.1, -0.05) is 48.0 Å². The van der Waals surface area contributed by atoms with E-state index < -0.39 is 0 Å². The van der Waals surface area contributed by atoms with Crippen molar-refractivity contribution in [3.05, 3.63) is 101 Å². The third-order valence-corrected chi connectivity index (χ3v) is 4.29. The molecular weight excluding hydrogens is 352 g/mol. The minimum atomic E-state index is -0.380. The third kappa shape index (κ3) is 4.98. The van der Waals surface area contributed by atoms with Crippen molar-refractivity contribution in [1.82, 2.24) is 10.9 Å². The standard InChI is InChI=1S/C23H22N2O3/c1-16-8-9-17(2)21(14-16)23(27)25-24-22(26)19-12-10-18(11-13-19)15-28-20-6-4-3-5-7-20/h3-14H,15H2,1-2H3,(H,24,26)(H,25,27). The van der Waals surface area contributed by atoms with E-state index in [2.05, 4.69) is 10.9 Å². The number of amides is 2. The van der Waals surface area contributed by atoms with Gasteiger partial charge in [0.1, 0.15) is 12.4 Å². The quantitative estimate of drug-likeness (QED) is 0.665. The molecule has 0 aliphatic carbocycles. The van der Waals surface area contributed by atoms with Gasteiger partial charge in [-0.2, -0.15) is 0 Å². The van der Waals surface area contributed by atoms with Crippen LogP contribution in [0.4, 0.5) is 0 Å². The summed E-state index contributed by atoms with van der Waals surface area (Å²) in [7, 11) is 0. The fraction of sp³-hybridized carbons (Fsp3) is 0.130. The smallest absolute Gasteiger partial charge is 0.269 e. The van der Waals surface area contributed by atoms with Crippen LogP contribution in [-0.2, 0) is 6.61 Å². The van der Waals surface area contributed by atoms with E-state index in [4.69, 9.17) is 4.74 Å². The van der Waals surface area contributed by atoms with Crippen LogP contribution < -0.4 is 15.6 Å². The third-order valence-electron chi connectivity index (χ3n) is 4.29. The molecule has 3 aromatic rings. The molecule has 0 saturated carbocycles. The summed E-state index contributed by atoms with van der Waals surface area (Å²) in [6.45, 7) is 4.18. The number of hydrogen-bond donors (Lipinski definition) is 2. The Bertz CT molecular complexity index is 967. The second-order valence-corrected chi connectivity index (χ2v) is 6.53. The zero-order valence-corrected chi connectivity index (χ0v) is 15.9. The molecule has 0 spiro atoms. The molecule has 0 bridgehead atoms. The monoisotopic (exact) mass is 374 g/mol. The molecule has 3 rings (SSSR count). The summed E-state index contributed by atoms with van der Waals surface area (Å²) in [5, 5.41) is 0. The highest BCUT2D eigenvalue weighted by molar-refractivity contribution is 5.99. The van der Waals surface area contributed by atoms with Gasteiger partial charge in [-0.25, -0.2) is 0 Å². The van der Waals surface area contributed by atoms with Crippen molar-refractivity contribution in [2.45, 2.75) is 20.5 Å². The first-order valence-corrected chi connectivity index (χ1v) is 8.97. The topological polar surface area (TPSA) is 67.4 Å². The summed E-state index contributed by atoms with van der Waals surface area (Å²) in [6.07, 6.45) is 0. The van der Waals surface area contributed by atoms with Crippen LogP contribution in [0.3, 0.4) is 0 Å². The minimum Gasteiger partial charge on any atom is -0.489 e. The first kappa shape index (κ1) is 19.2. The molecule has 3 aromatic carbocycles. The van der Waals surface area contributed by atoms with Crippen molar-refractivity contribution in [2.75, 3.05) is 0 Å². The Balaban J connectivity index is 1.54. The normalized spacial score (nSPS) is 10.2. The van der Waals surface area contributed by atoms with Gasteiger partial charge in [0.25, 0.3) is 11.8 Å². The number of benzene rings is 3. The van der Waals surface area contributed by atoms with Gasteiger partial charge in [0.15, 0.2) is 0 Å². The van der Waals surface area contributed by atoms with Gasteiger partial charge in [-0.05, 0) is 55.3 Å². The van der Waals surface area contributed by atoms with Gasteiger partial charge in [-0.3, -0.25) is 20.4 Å². The van der Waals surface area contributed by atoms with Crippen LogP contribution in [-0.4, -0.2) is 11.8 Å². The van der Waals surface area contributed by atoms with Crippen LogP contribution in [0.2, 0.25) is 0 Å². The van der Waals surface area contributed by atoms with E-state index >= 15 is 0 Å². The number of carbonyl (C=O) groups is 2. The van der Waals surface area contributed by atoms with E-state index in [1.54, 1.807) is 18.2 Å². The molecule has 0 heterocycles. The van der Waals surface area contributed by atoms with Gasteiger partial charge in [-0.15, -0.1) is 0 Å². The van der Waals surface area contributed by atoms with Gasteiger partial charge >= 0.3 is 0 Å². The number of rotatable bonds is 5. The fourth-order valence-corrected chi connectivity index (χ4v) is 2.67. The Morgan fingerprint density at radius 2 is 1.50 bits per heavy atom. The maximum Gasteiger partial charge on any atom is 0.269 e. The highest BCUT2D eigenvalue weighted by atomic mass is 16.5. The van der Waals surface area contributed by atoms with E-state index in [1.807, 2.05) is 68.4 Å². The van der Waals surface area contributed by atoms with Crippen molar-refractivity contribution >= 4 is 11.8 Å². The predicted octanol–water partition coefficient (Wildman–Crippen LogP) is 3.96. The molecule has 0 atom stereocenters. The van der Waals surface area contributed by atoms with Crippen molar-refractivity contribution < 1.29 is 14.3 Å². The van der Waals surface area contributed by atoms with Crippen molar-refractivity contribution in [3.63, 3.8) is 0 Å². The molecule has 2 N–H and O–H groups in total. The summed E-state index contributed by atoms with van der Waals surface area (Å²) >= 11 is 0. The SMILES string of the molecule is Cc1ccc(C)c(C(=O)NNC(=O)c2ccc(COc3ccccc3)cc2)c1.